The lowest BCUT2D eigenvalue weighted by Crippen LogP contribution is -2.46. The van der Waals surface area contributed by atoms with Crippen LogP contribution in [0.5, 0.6) is 0 Å². The van der Waals surface area contributed by atoms with E-state index in [1.54, 1.807) is 6.08 Å². The number of aliphatic imine (C=N–C) groups is 1. The highest BCUT2D eigenvalue weighted by atomic mass is 16.1. The van der Waals surface area contributed by atoms with Gasteiger partial charge < -0.3 is 4.90 Å². The second-order valence-electron chi connectivity index (χ2n) is 4.52. The van der Waals surface area contributed by atoms with Crippen LogP contribution in [-0.4, -0.2) is 36.7 Å². The minimum absolute atomic E-state index is 0.603. The van der Waals surface area contributed by atoms with Crippen molar-refractivity contribution in [3.8, 4) is 0 Å². The molecule has 1 unspecified atom stereocenters. The quantitative estimate of drug-likeness (QED) is 0.505. The molecular weight excluding hydrogens is 176 g/mol. The van der Waals surface area contributed by atoms with E-state index < -0.39 is 0 Å². The largest absolute Gasteiger partial charge is 0.300 e. The number of likely N-dealkylation sites (tertiary alicyclic amines) is 1. The van der Waals surface area contributed by atoms with Crippen LogP contribution in [0.2, 0.25) is 0 Å². The van der Waals surface area contributed by atoms with Gasteiger partial charge in [0.1, 0.15) is 0 Å². The van der Waals surface area contributed by atoms with E-state index in [1.807, 2.05) is 0 Å². The van der Waals surface area contributed by atoms with E-state index in [2.05, 4.69) is 9.89 Å². The van der Waals surface area contributed by atoms with Crippen molar-refractivity contribution in [2.45, 2.75) is 38.1 Å². The highest BCUT2D eigenvalue weighted by Crippen LogP contribution is 2.28. The molecule has 2 rings (SSSR count). The molecular formula is C11H18N2O. The van der Waals surface area contributed by atoms with Crippen molar-refractivity contribution in [1.82, 2.24) is 4.90 Å². The molecule has 3 heteroatoms. The lowest BCUT2D eigenvalue weighted by Gasteiger charge is -2.42. The lowest BCUT2D eigenvalue weighted by atomic mass is 9.88. The van der Waals surface area contributed by atoms with Crippen molar-refractivity contribution >= 4 is 6.08 Å². The van der Waals surface area contributed by atoms with Gasteiger partial charge >= 0.3 is 0 Å². The second kappa shape index (κ2) is 4.72. The standard InChI is InChI=1S/C11H18N2O/c14-9-12-7-10-3-2-6-13(8-10)11-4-1-5-11/h10-11H,1-8H2. The summed E-state index contributed by atoms with van der Waals surface area (Å²) in [7, 11) is 0. The molecule has 1 saturated heterocycles. The normalized spacial score (nSPS) is 29.3. The van der Waals surface area contributed by atoms with Crippen LogP contribution in [0, 0.1) is 5.92 Å². The SMILES string of the molecule is O=C=NCC1CCCN(C2CCC2)C1. The molecule has 0 N–H and O–H groups in total. The minimum atomic E-state index is 0.603. The van der Waals surface area contributed by atoms with Crippen LogP contribution in [-0.2, 0) is 4.79 Å². The van der Waals surface area contributed by atoms with Gasteiger partial charge in [-0.05, 0) is 38.1 Å². The summed E-state index contributed by atoms with van der Waals surface area (Å²) in [5, 5.41) is 0. The summed E-state index contributed by atoms with van der Waals surface area (Å²) in [5.41, 5.74) is 0. The van der Waals surface area contributed by atoms with Gasteiger partial charge in [0.2, 0.25) is 6.08 Å². The molecule has 2 fully saturated rings. The first-order valence-electron chi connectivity index (χ1n) is 5.68. The van der Waals surface area contributed by atoms with Crippen LogP contribution >= 0.6 is 0 Å². The summed E-state index contributed by atoms with van der Waals surface area (Å²) in [5.74, 6) is 0.603. The molecule has 0 bridgehead atoms. The van der Waals surface area contributed by atoms with Gasteiger partial charge in [-0.25, -0.2) is 9.79 Å². The zero-order chi connectivity index (χ0) is 9.80. The third-order valence-corrected chi connectivity index (χ3v) is 3.56. The summed E-state index contributed by atoms with van der Waals surface area (Å²) in [6.07, 6.45) is 8.31. The maximum absolute atomic E-state index is 10.0. The van der Waals surface area contributed by atoms with E-state index >= 15 is 0 Å². The number of carbonyl (C=O) groups excluding carboxylic acids is 1. The molecule has 0 aromatic carbocycles. The molecule has 0 aromatic rings. The molecule has 1 aliphatic heterocycles. The number of nitrogens with zero attached hydrogens (tertiary/aromatic N) is 2. The Morgan fingerprint density at radius 2 is 2.14 bits per heavy atom. The summed E-state index contributed by atoms with van der Waals surface area (Å²) in [6, 6.07) is 0.845. The molecule has 3 nitrogen and oxygen atoms in total. The third kappa shape index (κ3) is 2.23. The van der Waals surface area contributed by atoms with E-state index in [1.165, 1.54) is 38.6 Å². The van der Waals surface area contributed by atoms with Crippen LogP contribution in [0.15, 0.2) is 4.99 Å². The van der Waals surface area contributed by atoms with Crippen molar-refractivity contribution in [2.24, 2.45) is 10.9 Å². The average molecular weight is 194 g/mol. The number of piperidine rings is 1. The Bertz CT molecular complexity index is 231. The molecule has 78 valence electrons. The van der Waals surface area contributed by atoms with Crippen LogP contribution < -0.4 is 0 Å². The third-order valence-electron chi connectivity index (χ3n) is 3.56. The average Bonchev–Trinajstić information content (AvgIpc) is 2.13. The summed E-state index contributed by atoms with van der Waals surface area (Å²) >= 11 is 0. The van der Waals surface area contributed by atoms with Gasteiger partial charge in [-0.2, -0.15) is 0 Å². The van der Waals surface area contributed by atoms with Crippen molar-refractivity contribution < 1.29 is 4.79 Å². The van der Waals surface area contributed by atoms with Gasteiger partial charge in [-0.1, -0.05) is 6.42 Å². The van der Waals surface area contributed by atoms with Gasteiger partial charge in [-0.15, -0.1) is 0 Å². The summed E-state index contributed by atoms with van der Waals surface area (Å²) in [4.78, 5) is 16.3. The number of rotatable bonds is 3. The van der Waals surface area contributed by atoms with Gasteiger partial charge in [-0.3, -0.25) is 0 Å². The molecule has 14 heavy (non-hydrogen) atoms. The smallest absolute Gasteiger partial charge is 0.234 e. The maximum Gasteiger partial charge on any atom is 0.234 e. The molecule has 1 heterocycles. The molecule has 2 aliphatic rings. The molecule has 0 amide bonds. The molecule has 0 radical (unpaired) electrons. The number of hydrogen-bond acceptors (Lipinski definition) is 3. The highest BCUT2D eigenvalue weighted by Gasteiger charge is 2.29. The zero-order valence-corrected chi connectivity index (χ0v) is 8.61. The number of isocyanates is 1. The molecule has 1 aliphatic carbocycles. The predicted octanol–water partition coefficient (Wildman–Crippen LogP) is 1.59. The zero-order valence-electron chi connectivity index (χ0n) is 8.61. The molecule has 0 spiro atoms. The van der Waals surface area contributed by atoms with E-state index in [4.69, 9.17) is 0 Å². The first-order chi connectivity index (χ1) is 6.90. The second-order valence-corrected chi connectivity index (χ2v) is 4.52. The fourth-order valence-electron chi connectivity index (χ4n) is 2.50. The van der Waals surface area contributed by atoms with Gasteiger partial charge in [0, 0.05) is 12.6 Å². The Morgan fingerprint density at radius 3 is 2.79 bits per heavy atom. The van der Waals surface area contributed by atoms with E-state index in [-0.39, 0.29) is 0 Å². The Labute approximate surface area is 85.2 Å². The Hall–Kier alpha value is -0.660. The lowest BCUT2D eigenvalue weighted by molar-refractivity contribution is 0.0793. The Kier molecular flexibility index (Phi) is 3.33. The predicted molar refractivity (Wildman–Crippen MR) is 54.9 cm³/mol. The monoisotopic (exact) mass is 194 g/mol. The van der Waals surface area contributed by atoms with Crippen LogP contribution in [0.1, 0.15) is 32.1 Å². The first-order valence-corrected chi connectivity index (χ1v) is 5.68. The van der Waals surface area contributed by atoms with Crippen LogP contribution in [0.3, 0.4) is 0 Å². The van der Waals surface area contributed by atoms with E-state index in [9.17, 15) is 4.79 Å². The van der Waals surface area contributed by atoms with E-state index in [0.717, 1.165) is 12.6 Å². The minimum Gasteiger partial charge on any atom is -0.300 e. The fraction of sp³-hybridized carbons (Fsp3) is 0.909. The maximum atomic E-state index is 10.0. The summed E-state index contributed by atoms with van der Waals surface area (Å²) in [6.45, 7) is 3.09. The molecule has 1 saturated carbocycles. The van der Waals surface area contributed by atoms with Gasteiger partial charge in [0.25, 0.3) is 0 Å². The van der Waals surface area contributed by atoms with Gasteiger partial charge in [0.15, 0.2) is 0 Å². The number of hydrogen-bond donors (Lipinski definition) is 0. The molecule has 0 aromatic heterocycles. The Morgan fingerprint density at radius 1 is 1.29 bits per heavy atom. The van der Waals surface area contributed by atoms with Crippen molar-refractivity contribution in [3.05, 3.63) is 0 Å². The van der Waals surface area contributed by atoms with Crippen LogP contribution in [0.25, 0.3) is 0 Å². The van der Waals surface area contributed by atoms with Crippen molar-refractivity contribution in [1.29, 1.82) is 0 Å². The van der Waals surface area contributed by atoms with Gasteiger partial charge in [0.05, 0.1) is 6.54 Å². The highest BCUT2D eigenvalue weighted by molar-refractivity contribution is 5.32. The first kappa shape index (κ1) is 9.88. The topological polar surface area (TPSA) is 32.7 Å². The Balaban J connectivity index is 1.80. The van der Waals surface area contributed by atoms with Crippen molar-refractivity contribution in [2.75, 3.05) is 19.6 Å². The van der Waals surface area contributed by atoms with Crippen LogP contribution in [0.4, 0.5) is 0 Å². The molecule has 1 atom stereocenters. The van der Waals surface area contributed by atoms with E-state index in [0.29, 0.717) is 12.5 Å². The summed E-state index contributed by atoms with van der Waals surface area (Å²) < 4.78 is 0. The van der Waals surface area contributed by atoms with Crippen molar-refractivity contribution in [3.63, 3.8) is 0 Å². The fourth-order valence-corrected chi connectivity index (χ4v) is 2.50.